The maximum Gasteiger partial charge on any atom is 0.426 e. The van der Waals surface area contributed by atoms with E-state index in [1.807, 2.05) is 0 Å². The Labute approximate surface area is 131 Å². The van der Waals surface area contributed by atoms with Crippen LogP contribution in [-0.2, 0) is 5.67 Å². The Bertz CT molecular complexity index is 898. The van der Waals surface area contributed by atoms with Crippen molar-refractivity contribution >= 4 is 11.5 Å². The molecule has 3 aromatic rings. The number of halogens is 5. The maximum atomic E-state index is 13.9. The second-order valence-corrected chi connectivity index (χ2v) is 5.22. The minimum absolute atomic E-state index is 0.0238. The van der Waals surface area contributed by atoms with Crippen LogP contribution in [0.15, 0.2) is 30.6 Å². The Morgan fingerprint density at radius 2 is 1.79 bits per heavy atom. The van der Waals surface area contributed by atoms with E-state index in [1.54, 1.807) is 0 Å². The molecule has 1 unspecified atom stereocenters. The van der Waals surface area contributed by atoms with Crippen molar-refractivity contribution in [2.45, 2.75) is 18.8 Å². The fraction of sp³-hybridized carbons (Fsp3) is 0.214. The third-order valence-electron chi connectivity index (χ3n) is 3.59. The lowest BCUT2D eigenvalue weighted by Crippen LogP contribution is -2.35. The number of nitrogens with zero attached hydrogens (tertiary/aromatic N) is 4. The first-order chi connectivity index (χ1) is 11.1. The second kappa shape index (κ2) is 5.11. The van der Waals surface area contributed by atoms with Gasteiger partial charge in [0.1, 0.15) is 5.52 Å². The number of aromatic nitrogens is 4. The van der Waals surface area contributed by atoms with Gasteiger partial charge in [-0.05, 0) is 13.0 Å². The number of hydrogen-bond donors (Lipinski definition) is 1. The highest BCUT2D eigenvalue weighted by Gasteiger charge is 2.53. The van der Waals surface area contributed by atoms with Gasteiger partial charge in [-0.1, -0.05) is 6.07 Å². The van der Waals surface area contributed by atoms with Crippen LogP contribution in [-0.4, -0.2) is 25.8 Å². The van der Waals surface area contributed by atoms with E-state index in [1.165, 1.54) is 0 Å². The van der Waals surface area contributed by atoms with Crippen LogP contribution in [0.2, 0.25) is 0 Å². The summed E-state index contributed by atoms with van der Waals surface area (Å²) < 4.78 is 67.0. The third kappa shape index (κ3) is 2.43. The van der Waals surface area contributed by atoms with E-state index in [9.17, 15) is 22.0 Å². The van der Waals surface area contributed by atoms with Gasteiger partial charge < -0.3 is 5.73 Å². The van der Waals surface area contributed by atoms with Crippen LogP contribution in [0, 0.1) is 5.82 Å². The second-order valence-electron chi connectivity index (χ2n) is 5.22. The fourth-order valence-electron chi connectivity index (χ4n) is 2.13. The van der Waals surface area contributed by atoms with Crippen molar-refractivity contribution in [3.05, 3.63) is 42.0 Å². The number of rotatable bonds is 2. The molecule has 126 valence electrons. The van der Waals surface area contributed by atoms with Gasteiger partial charge in [-0.25, -0.2) is 18.3 Å². The molecule has 5 nitrogen and oxygen atoms in total. The van der Waals surface area contributed by atoms with Gasteiger partial charge in [0.2, 0.25) is 11.6 Å². The smallest absolute Gasteiger partial charge is 0.367 e. The molecule has 0 saturated heterocycles. The zero-order chi connectivity index (χ0) is 17.7. The summed E-state index contributed by atoms with van der Waals surface area (Å²) in [4.78, 5) is 7.45. The van der Waals surface area contributed by atoms with Crippen LogP contribution in [0.5, 0.6) is 0 Å². The number of pyridine rings is 1. The van der Waals surface area contributed by atoms with Crippen LogP contribution >= 0.6 is 0 Å². The van der Waals surface area contributed by atoms with Crippen molar-refractivity contribution in [2.75, 3.05) is 5.73 Å². The number of fused-ring (bicyclic) bond motifs is 1. The van der Waals surface area contributed by atoms with Crippen LogP contribution in [0.3, 0.4) is 0 Å². The molecule has 0 fully saturated rings. The van der Waals surface area contributed by atoms with Crippen molar-refractivity contribution in [3.63, 3.8) is 0 Å². The van der Waals surface area contributed by atoms with Crippen molar-refractivity contribution < 1.29 is 22.0 Å². The lowest BCUT2D eigenvalue weighted by atomic mass is 9.99. The summed E-state index contributed by atoms with van der Waals surface area (Å²) in [5.41, 5.74) is 1.52. The topological polar surface area (TPSA) is 69.1 Å². The van der Waals surface area contributed by atoms with E-state index in [0.717, 1.165) is 35.1 Å². The lowest BCUT2D eigenvalue weighted by molar-refractivity contribution is -0.228. The maximum absolute atomic E-state index is 13.9. The first kappa shape index (κ1) is 16.1. The van der Waals surface area contributed by atoms with Gasteiger partial charge in [-0.2, -0.15) is 13.2 Å². The van der Waals surface area contributed by atoms with E-state index in [4.69, 9.17) is 5.73 Å². The summed E-state index contributed by atoms with van der Waals surface area (Å²) >= 11 is 0. The molecule has 0 aliphatic carbocycles. The molecule has 24 heavy (non-hydrogen) atoms. The average Bonchev–Trinajstić information content (AvgIpc) is 2.82. The molecular weight excluding hydrogens is 333 g/mol. The van der Waals surface area contributed by atoms with Crippen molar-refractivity contribution in [1.82, 2.24) is 19.6 Å². The molecule has 0 bridgehead atoms. The molecule has 3 aromatic heterocycles. The van der Waals surface area contributed by atoms with E-state index >= 15 is 0 Å². The van der Waals surface area contributed by atoms with Crippen molar-refractivity contribution in [3.8, 4) is 11.4 Å². The summed E-state index contributed by atoms with van der Waals surface area (Å²) in [5.74, 6) is -0.772. The van der Waals surface area contributed by atoms with Gasteiger partial charge in [0.05, 0.1) is 17.6 Å². The molecule has 0 aliphatic rings. The lowest BCUT2D eigenvalue weighted by Gasteiger charge is -2.23. The zero-order valence-corrected chi connectivity index (χ0v) is 12.1. The Kier molecular flexibility index (Phi) is 3.43. The van der Waals surface area contributed by atoms with Gasteiger partial charge in [0, 0.05) is 17.8 Å². The van der Waals surface area contributed by atoms with Crippen molar-refractivity contribution in [2.24, 2.45) is 0 Å². The monoisotopic (exact) mass is 343 g/mol. The minimum atomic E-state index is -5.08. The van der Waals surface area contributed by atoms with Gasteiger partial charge in [0.25, 0.3) is 0 Å². The molecule has 0 radical (unpaired) electrons. The summed E-state index contributed by atoms with van der Waals surface area (Å²) in [6.07, 6.45) is -3.16. The van der Waals surface area contributed by atoms with Crippen molar-refractivity contribution in [1.29, 1.82) is 0 Å². The number of nitrogen functional groups attached to an aromatic ring is 1. The molecule has 0 aromatic carbocycles. The van der Waals surface area contributed by atoms with E-state index in [-0.39, 0.29) is 22.9 Å². The minimum Gasteiger partial charge on any atom is -0.367 e. The molecule has 0 saturated carbocycles. The molecule has 0 amide bonds. The first-order valence-corrected chi connectivity index (χ1v) is 6.63. The molecular formula is C14H10F5N5. The van der Waals surface area contributed by atoms with Gasteiger partial charge >= 0.3 is 6.18 Å². The Hall–Kier alpha value is -2.78. The fourth-order valence-corrected chi connectivity index (χ4v) is 2.13. The number of anilines is 1. The summed E-state index contributed by atoms with van der Waals surface area (Å²) in [5, 5.41) is 3.83. The number of alkyl halides is 4. The predicted octanol–water partition coefficient (Wildman–Crippen LogP) is 3.26. The number of hydrogen-bond acceptors (Lipinski definition) is 4. The van der Waals surface area contributed by atoms with Gasteiger partial charge in [-0.3, -0.25) is 4.98 Å². The highest BCUT2D eigenvalue weighted by Crippen LogP contribution is 2.42. The van der Waals surface area contributed by atoms with Crippen LogP contribution in [0.1, 0.15) is 12.5 Å². The predicted molar refractivity (Wildman–Crippen MR) is 75.1 cm³/mol. The summed E-state index contributed by atoms with van der Waals surface area (Å²) in [6.45, 7) is 0.407. The Balaban J connectivity index is 2.08. The molecule has 3 rings (SSSR count). The van der Waals surface area contributed by atoms with Crippen LogP contribution < -0.4 is 5.73 Å². The zero-order valence-electron chi connectivity index (χ0n) is 12.1. The van der Waals surface area contributed by atoms with E-state index in [0.29, 0.717) is 6.92 Å². The Morgan fingerprint density at radius 1 is 1.08 bits per heavy atom. The largest absolute Gasteiger partial charge is 0.426 e. The molecule has 10 heteroatoms. The van der Waals surface area contributed by atoms with E-state index in [2.05, 4.69) is 15.1 Å². The van der Waals surface area contributed by atoms with Gasteiger partial charge in [0.15, 0.2) is 5.82 Å². The highest BCUT2D eigenvalue weighted by molar-refractivity contribution is 5.64. The van der Waals surface area contributed by atoms with E-state index < -0.39 is 23.2 Å². The molecule has 2 N–H and O–H groups in total. The number of nitrogens with two attached hydrogens (primary N) is 1. The molecule has 3 heterocycles. The summed E-state index contributed by atoms with van der Waals surface area (Å²) in [6, 6.07) is 3.18. The normalized spacial score (nSPS) is 14.8. The van der Waals surface area contributed by atoms with Gasteiger partial charge in [-0.15, -0.1) is 5.10 Å². The molecule has 0 aliphatic heterocycles. The highest BCUT2D eigenvalue weighted by atomic mass is 19.4. The van der Waals surface area contributed by atoms with Crippen LogP contribution in [0.4, 0.5) is 27.9 Å². The molecule has 1 atom stereocenters. The molecule has 0 spiro atoms. The standard InChI is InChI=1S/C14H10F5N5/c1-13(16,14(17,18)19)7-2-3-9(21-5-7)10-4-8(15)11-6-22-12(20)23-24(10)11/h2-6H,1H3,(H2,20,23). The van der Waals surface area contributed by atoms with Crippen LogP contribution in [0.25, 0.3) is 16.9 Å². The Morgan fingerprint density at radius 3 is 2.38 bits per heavy atom. The average molecular weight is 343 g/mol. The first-order valence-electron chi connectivity index (χ1n) is 6.63. The summed E-state index contributed by atoms with van der Waals surface area (Å²) in [7, 11) is 0. The SMILES string of the molecule is CC(F)(c1ccc(-c2cc(F)c3cnc(N)nn23)nc1)C(F)(F)F. The third-order valence-corrected chi connectivity index (χ3v) is 3.59. The quantitative estimate of drug-likeness (QED) is 0.725.